The number of likely N-dealkylation sites (tertiary alicyclic amines) is 1. The highest BCUT2D eigenvalue weighted by molar-refractivity contribution is 7.92. The largest absolute Gasteiger partial charge is 0.388 e. The van der Waals surface area contributed by atoms with Gasteiger partial charge in [0, 0.05) is 24.3 Å². The van der Waals surface area contributed by atoms with Crippen LogP contribution in [0.25, 0.3) is 0 Å². The first-order chi connectivity index (χ1) is 9.66. The van der Waals surface area contributed by atoms with E-state index < -0.39 is 15.6 Å². The highest BCUT2D eigenvalue weighted by Crippen LogP contribution is 2.22. The monoisotopic (exact) mass is 312 g/mol. The molecule has 1 aliphatic rings. The molecule has 0 aliphatic carbocycles. The van der Waals surface area contributed by atoms with E-state index in [0.29, 0.717) is 30.8 Å². The molecule has 7 heteroatoms. The maximum Gasteiger partial charge on any atom is 0.253 e. The molecule has 1 aromatic carbocycles. The Labute approximate surface area is 124 Å². The Morgan fingerprint density at radius 3 is 2.48 bits per heavy atom. The molecule has 2 rings (SSSR count). The zero-order chi connectivity index (χ0) is 15.7. The number of amides is 1. The molecule has 116 valence electrons. The minimum atomic E-state index is -3.32. The van der Waals surface area contributed by atoms with Crippen LogP contribution in [-0.4, -0.2) is 49.3 Å². The summed E-state index contributed by atoms with van der Waals surface area (Å²) in [5.74, 6) is -0.152. The third kappa shape index (κ3) is 4.44. The molecule has 1 heterocycles. The summed E-state index contributed by atoms with van der Waals surface area (Å²) in [5.41, 5.74) is 0.0533. The zero-order valence-corrected chi connectivity index (χ0v) is 13.0. The van der Waals surface area contributed by atoms with Gasteiger partial charge in [0.25, 0.3) is 5.91 Å². The molecular weight excluding hydrogens is 292 g/mol. The first kappa shape index (κ1) is 15.8. The van der Waals surface area contributed by atoms with Gasteiger partial charge in [-0.3, -0.25) is 9.52 Å². The highest BCUT2D eigenvalue weighted by atomic mass is 32.2. The Morgan fingerprint density at radius 2 is 1.95 bits per heavy atom. The Kier molecular flexibility index (Phi) is 4.25. The van der Waals surface area contributed by atoms with Crippen molar-refractivity contribution >= 4 is 21.6 Å². The summed E-state index contributed by atoms with van der Waals surface area (Å²) in [7, 11) is -3.32. The van der Waals surface area contributed by atoms with Crippen molar-refractivity contribution in [2.24, 2.45) is 0 Å². The summed E-state index contributed by atoms with van der Waals surface area (Å²) in [6.45, 7) is 2.67. The van der Waals surface area contributed by atoms with Crippen LogP contribution in [0.3, 0.4) is 0 Å². The number of carbonyl (C=O) groups excluding carboxylic acids is 1. The second-order valence-electron chi connectivity index (χ2n) is 5.78. The summed E-state index contributed by atoms with van der Waals surface area (Å²) >= 11 is 0. The van der Waals surface area contributed by atoms with Gasteiger partial charge in [-0.05, 0) is 44.0 Å². The van der Waals surface area contributed by atoms with Crippen LogP contribution in [0, 0.1) is 0 Å². The molecule has 0 spiro atoms. The molecule has 1 amide bonds. The van der Waals surface area contributed by atoms with E-state index in [-0.39, 0.29) is 5.91 Å². The molecule has 1 unspecified atom stereocenters. The van der Waals surface area contributed by atoms with Crippen LogP contribution in [-0.2, 0) is 10.0 Å². The smallest absolute Gasteiger partial charge is 0.253 e. The van der Waals surface area contributed by atoms with Gasteiger partial charge >= 0.3 is 0 Å². The minimum absolute atomic E-state index is 0.152. The summed E-state index contributed by atoms with van der Waals surface area (Å²) in [5, 5.41) is 10.0. The second-order valence-corrected chi connectivity index (χ2v) is 7.53. The number of hydrogen-bond acceptors (Lipinski definition) is 4. The lowest BCUT2D eigenvalue weighted by molar-refractivity contribution is -0.0107. The fourth-order valence-electron chi connectivity index (χ4n) is 2.47. The lowest BCUT2D eigenvalue weighted by Crippen LogP contribution is -2.48. The van der Waals surface area contributed by atoms with Gasteiger partial charge in [0.05, 0.1) is 11.9 Å². The predicted molar refractivity (Wildman–Crippen MR) is 80.7 cm³/mol. The Morgan fingerprint density at radius 1 is 1.33 bits per heavy atom. The van der Waals surface area contributed by atoms with E-state index >= 15 is 0 Å². The van der Waals surface area contributed by atoms with Crippen molar-refractivity contribution in [3.63, 3.8) is 0 Å². The number of carbonyl (C=O) groups is 1. The molecule has 0 radical (unpaired) electrons. The van der Waals surface area contributed by atoms with Crippen LogP contribution in [0.15, 0.2) is 24.3 Å². The molecule has 0 saturated carbocycles. The van der Waals surface area contributed by atoms with Gasteiger partial charge in [0.2, 0.25) is 10.0 Å². The molecule has 1 aromatic rings. The van der Waals surface area contributed by atoms with E-state index in [0.717, 1.165) is 12.7 Å². The Bertz CT molecular complexity index is 623. The summed E-state index contributed by atoms with van der Waals surface area (Å²) < 4.78 is 24.6. The minimum Gasteiger partial charge on any atom is -0.388 e. The molecule has 1 fully saturated rings. The van der Waals surface area contributed by atoms with E-state index in [1.807, 2.05) is 0 Å². The van der Waals surface area contributed by atoms with Crippen LogP contribution in [0.1, 0.15) is 30.1 Å². The molecule has 0 aromatic heterocycles. The van der Waals surface area contributed by atoms with Crippen LogP contribution in [0.2, 0.25) is 0 Å². The molecule has 1 aliphatic heterocycles. The van der Waals surface area contributed by atoms with Gasteiger partial charge in [-0.1, -0.05) is 0 Å². The average Bonchev–Trinajstić information content (AvgIpc) is 2.36. The van der Waals surface area contributed by atoms with Crippen molar-refractivity contribution in [3.8, 4) is 0 Å². The van der Waals surface area contributed by atoms with E-state index in [2.05, 4.69) is 4.72 Å². The predicted octanol–water partition coefficient (Wildman–Crippen LogP) is 1.05. The highest BCUT2D eigenvalue weighted by Gasteiger charge is 2.31. The Hall–Kier alpha value is -1.60. The van der Waals surface area contributed by atoms with Gasteiger partial charge in [-0.25, -0.2) is 8.42 Å². The molecule has 0 bridgehead atoms. The van der Waals surface area contributed by atoms with Crippen LogP contribution < -0.4 is 4.72 Å². The maximum atomic E-state index is 12.4. The standard InChI is InChI=1S/C14H20N2O4S/c1-14(18)8-3-9-16(10-14)13(17)11-4-6-12(7-5-11)15-21(2,19)20/h4-7,15,18H,3,8-10H2,1-2H3. The van der Waals surface area contributed by atoms with Crippen LogP contribution in [0.5, 0.6) is 0 Å². The quantitative estimate of drug-likeness (QED) is 0.873. The molecule has 21 heavy (non-hydrogen) atoms. The van der Waals surface area contributed by atoms with E-state index in [4.69, 9.17) is 0 Å². The number of anilines is 1. The number of β-amino-alcohol motifs (C(OH)–C–C–N with tert-alkyl or cyclic N) is 1. The summed E-state index contributed by atoms with van der Waals surface area (Å²) in [4.78, 5) is 14.0. The number of piperidine rings is 1. The fraction of sp³-hybridized carbons (Fsp3) is 0.500. The van der Waals surface area contributed by atoms with Crippen molar-refractivity contribution in [2.45, 2.75) is 25.4 Å². The second kappa shape index (κ2) is 5.65. The SMILES string of the molecule is CC1(O)CCCN(C(=O)c2ccc(NS(C)(=O)=O)cc2)C1. The number of hydrogen-bond donors (Lipinski definition) is 2. The molecule has 6 nitrogen and oxygen atoms in total. The van der Waals surface area contributed by atoms with Gasteiger partial charge in [0.1, 0.15) is 0 Å². The third-order valence-electron chi connectivity index (χ3n) is 3.40. The van der Waals surface area contributed by atoms with Crippen molar-refractivity contribution < 1.29 is 18.3 Å². The summed E-state index contributed by atoms with van der Waals surface area (Å²) in [6.07, 6.45) is 2.53. The number of benzene rings is 1. The van der Waals surface area contributed by atoms with Crippen LogP contribution in [0.4, 0.5) is 5.69 Å². The topological polar surface area (TPSA) is 86.7 Å². The number of sulfonamides is 1. The molecule has 1 saturated heterocycles. The normalized spacial score (nSPS) is 22.9. The zero-order valence-electron chi connectivity index (χ0n) is 12.2. The van der Waals surface area contributed by atoms with Gasteiger partial charge in [-0.2, -0.15) is 0 Å². The molecular formula is C14H20N2O4S. The number of rotatable bonds is 3. The number of aliphatic hydroxyl groups is 1. The van der Waals surface area contributed by atoms with E-state index in [9.17, 15) is 18.3 Å². The van der Waals surface area contributed by atoms with Gasteiger partial charge in [-0.15, -0.1) is 0 Å². The lowest BCUT2D eigenvalue weighted by Gasteiger charge is -2.36. The maximum absolute atomic E-state index is 12.4. The number of nitrogens with zero attached hydrogens (tertiary/aromatic N) is 1. The molecule has 2 N–H and O–H groups in total. The van der Waals surface area contributed by atoms with Crippen molar-refractivity contribution in [1.29, 1.82) is 0 Å². The molecule has 1 atom stereocenters. The van der Waals surface area contributed by atoms with E-state index in [1.54, 1.807) is 36.1 Å². The van der Waals surface area contributed by atoms with Crippen molar-refractivity contribution in [2.75, 3.05) is 24.1 Å². The van der Waals surface area contributed by atoms with E-state index in [1.165, 1.54) is 0 Å². The fourth-order valence-corrected chi connectivity index (χ4v) is 3.04. The summed E-state index contributed by atoms with van der Waals surface area (Å²) in [6, 6.07) is 6.27. The first-order valence-corrected chi connectivity index (χ1v) is 8.65. The number of nitrogens with one attached hydrogen (secondary N) is 1. The van der Waals surface area contributed by atoms with Gasteiger partial charge < -0.3 is 10.0 Å². The van der Waals surface area contributed by atoms with Crippen LogP contribution >= 0.6 is 0 Å². The van der Waals surface area contributed by atoms with Gasteiger partial charge in [0.15, 0.2) is 0 Å². The third-order valence-corrected chi connectivity index (χ3v) is 4.00. The Balaban J connectivity index is 2.09. The average molecular weight is 312 g/mol. The first-order valence-electron chi connectivity index (χ1n) is 6.76. The lowest BCUT2D eigenvalue weighted by atomic mass is 9.94. The van der Waals surface area contributed by atoms with Crippen molar-refractivity contribution in [1.82, 2.24) is 4.90 Å². The van der Waals surface area contributed by atoms with Crippen molar-refractivity contribution in [3.05, 3.63) is 29.8 Å².